The molecule has 7 heteroatoms. The summed E-state index contributed by atoms with van der Waals surface area (Å²) in [4.78, 5) is 15.5. The van der Waals surface area contributed by atoms with Crippen LogP contribution >= 0.6 is 0 Å². The van der Waals surface area contributed by atoms with Crippen molar-refractivity contribution in [2.75, 3.05) is 12.3 Å². The summed E-state index contributed by atoms with van der Waals surface area (Å²) in [6.07, 6.45) is 5.28. The number of carbonyl (C=O) groups is 1. The molecule has 0 bridgehead atoms. The summed E-state index contributed by atoms with van der Waals surface area (Å²) >= 11 is 0. The summed E-state index contributed by atoms with van der Waals surface area (Å²) < 4.78 is 8.41. The van der Waals surface area contributed by atoms with Crippen LogP contribution in [0.1, 0.15) is 23.0 Å². The van der Waals surface area contributed by atoms with Crippen LogP contribution in [0.5, 0.6) is 0 Å². The number of carbonyl (C=O) groups excluding carboxylic acids is 1. The molecule has 2 heterocycles. The summed E-state index contributed by atoms with van der Waals surface area (Å²) in [5.74, 6) is -0.170. The van der Waals surface area contributed by atoms with Crippen molar-refractivity contribution in [3.05, 3.63) is 30.0 Å². The van der Waals surface area contributed by atoms with E-state index >= 15 is 0 Å². The largest absolute Gasteiger partial charge is 0.461 e. The number of imidazole rings is 1. The van der Waals surface area contributed by atoms with Gasteiger partial charge in [0, 0.05) is 12.7 Å². The molecular formula is C12H17N5O2. The molecule has 0 saturated heterocycles. The van der Waals surface area contributed by atoms with Gasteiger partial charge in [-0.15, -0.1) is 0 Å². The molecule has 0 radical (unpaired) electrons. The van der Waals surface area contributed by atoms with Crippen molar-refractivity contribution in [1.29, 1.82) is 0 Å². The number of hydrogen-bond acceptors (Lipinski definition) is 5. The number of nitrogen functional groups attached to an aromatic ring is 1. The minimum Gasteiger partial charge on any atom is -0.461 e. The molecule has 0 fully saturated rings. The highest BCUT2D eigenvalue weighted by molar-refractivity contribution is 5.92. The second-order valence-electron chi connectivity index (χ2n) is 4.17. The maximum absolute atomic E-state index is 11.6. The predicted molar refractivity (Wildman–Crippen MR) is 69.6 cm³/mol. The molecule has 0 amide bonds. The van der Waals surface area contributed by atoms with Gasteiger partial charge in [0.2, 0.25) is 0 Å². The first-order valence-corrected chi connectivity index (χ1v) is 6.08. The fourth-order valence-corrected chi connectivity index (χ4v) is 1.73. The topological polar surface area (TPSA) is 88.0 Å². The number of aromatic nitrogens is 4. The van der Waals surface area contributed by atoms with E-state index in [0.717, 1.165) is 5.56 Å². The number of rotatable bonds is 5. The Morgan fingerprint density at radius 3 is 2.89 bits per heavy atom. The molecule has 2 aromatic heterocycles. The van der Waals surface area contributed by atoms with Gasteiger partial charge in [0.05, 0.1) is 25.7 Å². The van der Waals surface area contributed by atoms with E-state index in [1.165, 1.54) is 6.33 Å². The van der Waals surface area contributed by atoms with Gasteiger partial charge in [0.25, 0.3) is 0 Å². The lowest BCUT2D eigenvalue weighted by molar-refractivity contribution is 0.0521. The first kappa shape index (κ1) is 13.1. The number of hydrogen-bond donors (Lipinski definition) is 1. The molecule has 7 nitrogen and oxygen atoms in total. The highest BCUT2D eigenvalue weighted by Crippen LogP contribution is 2.11. The van der Waals surface area contributed by atoms with Crippen LogP contribution in [-0.2, 0) is 17.8 Å². The third-order valence-corrected chi connectivity index (χ3v) is 2.68. The molecule has 0 atom stereocenters. The summed E-state index contributed by atoms with van der Waals surface area (Å²) in [5.41, 5.74) is 7.14. The van der Waals surface area contributed by atoms with Crippen LogP contribution in [0.4, 0.5) is 5.82 Å². The highest BCUT2D eigenvalue weighted by Gasteiger charge is 2.16. The third-order valence-electron chi connectivity index (χ3n) is 2.68. The Morgan fingerprint density at radius 2 is 2.26 bits per heavy atom. The van der Waals surface area contributed by atoms with Gasteiger partial charge in [0.1, 0.15) is 5.82 Å². The van der Waals surface area contributed by atoms with E-state index in [0.29, 0.717) is 25.5 Å². The molecule has 0 aromatic carbocycles. The van der Waals surface area contributed by atoms with Crippen molar-refractivity contribution in [2.45, 2.75) is 26.9 Å². The Hall–Kier alpha value is -2.31. The smallest absolute Gasteiger partial charge is 0.360 e. The maximum atomic E-state index is 11.6. The molecule has 0 aliphatic carbocycles. The zero-order chi connectivity index (χ0) is 13.8. The van der Waals surface area contributed by atoms with E-state index < -0.39 is 5.97 Å². The molecule has 0 aliphatic heterocycles. The Kier molecular flexibility index (Phi) is 3.84. The average molecular weight is 263 g/mol. The average Bonchev–Trinajstić information content (AvgIpc) is 2.94. The third kappa shape index (κ3) is 2.93. The minimum absolute atomic E-state index is 0.165. The molecule has 0 unspecified atom stereocenters. The molecule has 0 spiro atoms. The van der Waals surface area contributed by atoms with Crippen LogP contribution in [0, 0.1) is 6.92 Å². The lowest BCUT2D eigenvalue weighted by atomic mass is 10.4. The first-order valence-electron chi connectivity index (χ1n) is 6.08. The van der Waals surface area contributed by atoms with Gasteiger partial charge in [-0.1, -0.05) is 0 Å². The number of esters is 1. The van der Waals surface area contributed by atoms with Crippen molar-refractivity contribution < 1.29 is 9.53 Å². The summed E-state index contributed by atoms with van der Waals surface area (Å²) in [5, 5.41) is 4.18. The van der Waals surface area contributed by atoms with Crippen LogP contribution in [0.3, 0.4) is 0 Å². The van der Waals surface area contributed by atoms with Crippen LogP contribution in [-0.4, -0.2) is 31.9 Å². The van der Waals surface area contributed by atoms with Crippen molar-refractivity contribution >= 4 is 11.8 Å². The Morgan fingerprint density at radius 1 is 1.47 bits per heavy atom. The van der Waals surface area contributed by atoms with Crippen LogP contribution < -0.4 is 5.73 Å². The Bertz CT molecular complexity index is 572. The van der Waals surface area contributed by atoms with Gasteiger partial charge >= 0.3 is 5.97 Å². The maximum Gasteiger partial charge on any atom is 0.360 e. The molecule has 19 heavy (non-hydrogen) atoms. The zero-order valence-electron chi connectivity index (χ0n) is 11.0. The van der Waals surface area contributed by atoms with E-state index in [1.54, 1.807) is 17.7 Å². The number of nitrogens with two attached hydrogens (primary N) is 1. The van der Waals surface area contributed by atoms with E-state index in [1.807, 2.05) is 17.8 Å². The summed E-state index contributed by atoms with van der Waals surface area (Å²) in [6, 6.07) is 0. The van der Waals surface area contributed by atoms with Crippen molar-refractivity contribution in [3.63, 3.8) is 0 Å². The van der Waals surface area contributed by atoms with E-state index in [4.69, 9.17) is 10.5 Å². The summed E-state index contributed by atoms with van der Waals surface area (Å²) in [6.45, 7) is 5.28. The molecule has 2 rings (SSSR count). The number of anilines is 1. The molecule has 2 aromatic rings. The van der Waals surface area contributed by atoms with Crippen LogP contribution in [0.15, 0.2) is 18.7 Å². The quantitative estimate of drug-likeness (QED) is 0.808. The molecule has 2 N–H and O–H groups in total. The van der Waals surface area contributed by atoms with E-state index in [9.17, 15) is 4.79 Å². The fourth-order valence-electron chi connectivity index (χ4n) is 1.73. The summed E-state index contributed by atoms with van der Waals surface area (Å²) in [7, 11) is 0. The van der Waals surface area contributed by atoms with Gasteiger partial charge < -0.3 is 15.0 Å². The fraction of sp³-hybridized carbons (Fsp3) is 0.417. The van der Waals surface area contributed by atoms with Gasteiger partial charge in [0.15, 0.2) is 5.69 Å². The zero-order valence-corrected chi connectivity index (χ0v) is 11.0. The lowest BCUT2D eigenvalue weighted by Gasteiger charge is -2.05. The van der Waals surface area contributed by atoms with Gasteiger partial charge in [-0.2, -0.15) is 5.10 Å². The number of aryl methyl sites for hydroxylation is 3. The molecule has 102 valence electrons. The Balaban J connectivity index is 2.03. The van der Waals surface area contributed by atoms with Crippen molar-refractivity contribution in [2.24, 2.45) is 0 Å². The highest BCUT2D eigenvalue weighted by atomic mass is 16.5. The molecule has 0 saturated carbocycles. The van der Waals surface area contributed by atoms with E-state index in [2.05, 4.69) is 10.1 Å². The molecular weight excluding hydrogens is 246 g/mol. The van der Waals surface area contributed by atoms with Gasteiger partial charge in [-0.25, -0.2) is 9.78 Å². The van der Waals surface area contributed by atoms with Crippen LogP contribution in [0.25, 0.3) is 0 Å². The molecule has 0 aliphatic rings. The normalized spacial score (nSPS) is 10.6. The minimum atomic E-state index is -0.492. The Labute approximate surface area is 111 Å². The van der Waals surface area contributed by atoms with Gasteiger partial charge in [-0.3, -0.25) is 4.68 Å². The second-order valence-corrected chi connectivity index (χ2v) is 4.17. The van der Waals surface area contributed by atoms with Crippen LogP contribution in [0.2, 0.25) is 0 Å². The SMILES string of the molecule is CCOC(=O)c1ncn(CCn2cc(C)cn2)c1N. The van der Waals surface area contributed by atoms with Gasteiger partial charge in [-0.05, 0) is 19.4 Å². The van der Waals surface area contributed by atoms with Crippen molar-refractivity contribution in [3.8, 4) is 0 Å². The second kappa shape index (κ2) is 5.55. The monoisotopic (exact) mass is 263 g/mol. The number of ether oxygens (including phenoxy) is 1. The predicted octanol–water partition coefficient (Wildman–Crippen LogP) is 0.847. The lowest BCUT2D eigenvalue weighted by Crippen LogP contribution is -2.12. The number of nitrogens with zero attached hydrogens (tertiary/aromatic N) is 4. The van der Waals surface area contributed by atoms with E-state index in [-0.39, 0.29) is 5.69 Å². The standard InChI is InChI=1S/C12H17N5O2/c1-3-19-12(18)10-11(13)16(8-14-10)4-5-17-7-9(2)6-15-17/h6-8H,3-5,13H2,1-2H3. The first-order chi connectivity index (χ1) is 9.11. The van der Waals surface area contributed by atoms with Crippen molar-refractivity contribution in [1.82, 2.24) is 19.3 Å².